The molecule has 0 unspecified atom stereocenters. The van der Waals surface area contributed by atoms with Gasteiger partial charge < -0.3 is 4.74 Å². The van der Waals surface area contributed by atoms with Crippen LogP contribution in [0.15, 0.2) is 66.7 Å². The fourth-order valence-electron chi connectivity index (χ4n) is 2.61. The van der Waals surface area contributed by atoms with Crippen LogP contribution in [0.25, 0.3) is 22.3 Å². The van der Waals surface area contributed by atoms with Gasteiger partial charge in [-0.1, -0.05) is 36.4 Å². The molecular formula is C19H14N2O5. The minimum Gasteiger partial charge on any atom is -0.497 e. The van der Waals surface area contributed by atoms with E-state index in [9.17, 15) is 20.2 Å². The third-order valence-corrected chi connectivity index (χ3v) is 3.97. The molecule has 0 saturated heterocycles. The van der Waals surface area contributed by atoms with E-state index >= 15 is 0 Å². The van der Waals surface area contributed by atoms with Crippen LogP contribution in [0.4, 0.5) is 11.4 Å². The van der Waals surface area contributed by atoms with Gasteiger partial charge in [0, 0.05) is 12.1 Å². The van der Waals surface area contributed by atoms with Crippen molar-refractivity contribution in [1.29, 1.82) is 0 Å². The van der Waals surface area contributed by atoms with Crippen molar-refractivity contribution in [2.24, 2.45) is 0 Å². The van der Waals surface area contributed by atoms with Crippen LogP contribution in [0.5, 0.6) is 5.75 Å². The fourth-order valence-corrected chi connectivity index (χ4v) is 2.61. The predicted octanol–water partition coefficient (Wildman–Crippen LogP) is 4.85. The van der Waals surface area contributed by atoms with E-state index in [0.29, 0.717) is 11.1 Å². The molecule has 3 aromatic rings. The van der Waals surface area contributed by atoms with E-state index in [0.717, 1.165) is 22.9 Å². The minimum atomic E-state index is -0.637. The first-order valence-electron chi connectivity index (χ1n) is 7.66. The van der Waals surface area contributed by atoms with Crippen molar-refractivity contribution in [1.82, 2.24) is 0 Å². The van der Waals surface area contributed by atoms with Gasteiger partial charge in [0.25, 0.3) is 11.4 Å². The van der Waals surface area contributed by atoms with Crippen LogP contribution in [-0.4, -0.2) is 17.0 Å². The molecule has 0 spiro atoms. The number of hydrogen-bond donors (Lipinski definition) is 0. The maximum Gasteiger partial charge on any atom is 0.276 e. The molecule has 0 radical (unpaired) electrons. The summed E-state index contributed by atoms with van der Waals surface area (Å²) in [6.45, 7) is 0. The summed E-state index contributed by atoms with van der Waals surface area (Å²) < 4.78 is 5.13. The van der Waals surface area contributed by atoms with E-state index in [1.807, 2.05) is 36.4 Å². The summed E-state index contributed by atoms with van der Waals surface area (Å²) in [4.78, 5) is 20.8. The fraction of sp³-hybridized carbons (Fsp3) is 0.0526. The normalized spacial score (nSPS) is 10.3. The monoisotopic (exact) mass is 350 g/mol. The molecule has 7 nitrogen and oxygen atoms in total. The Balaban J connectivity index is 1.97. The smallest absolute Gasteiger partial charge is 0.276 e. The number of benzene rings is 3. The summed E-state index contributed by atoms with van der Waals surface area (Å²) in [7, 11) is 1.60. The van der Waals surface area contributed by atoms with Crippen molar-refractivity contribution in [2.45, 2.75) is 0 Å². The van der Waals surface area contributed by atoms with Gasteiger partial charge >= 0.3 is 0 Å². The molecule has 130 valence electrons. The molecule has 0 bridgehead atoms. The second-order valence-electron chi connectivity index (χ2n) is 5.56. The second-order valence-corrected chi connectivity index (χ2v) is 5.56. The molecule has 0 N–H and O–H groups in total. The average molecular weight is 350 g/mol. The molecule has 0 aromatic heterocycles. The van der Waals surface area contributed by atoms with Gasteiger partial charge in [0.15, 0.2) is 0 Å². The van der Waals surface area contributed by atoms with Crippen molar-refractivity contribution in [3.63, 3.8) is 0 Å². The van der Waals surface area contributed by atoms with Crippen molar-refractivity contribution in [3.05, 3.63) is 87.0 Å². The first-order valence-corrected chi connectivity index (χ1v) is 7.66. The van der Waals surface area contributed by atoms with Gasteiger partial charge in [-0.05, 0) is 34.4 Å². The molecule has 0 aliphatic heterocycles. The van der Waals surface area contributed by atoms with Crippen LogP contribution in [0.2, 0.25) is 0 Å². The Labute approximate surface area is 148 Å². The van der Waals surface area contributed by atoms with Gasteiger partial charge in [0.1, 0.15) is 5.75 Å². The number of nitrogens with zero attached hydrogens (tertiary/aromatic N) is 2. The predicted molar refractivity (Wildman–Crippen MR) is 97.2 cm³/mol. The van der Waals surface area contributed by atoms with Crippen LogP contribution >= 0.6 is 0 Å². The van der Waals surface area contributed by atoms with E-state index in [2.05, 4.69) is 0 Å². The van der Waals surface area contributed by atoms with Crippen LogP contribution in [0.3, 0.4) is 0 Å². The molecule has 7 heteroatoms. The Morgan fingerprint density at radius 2 is 1.04 bits per heavy atom. The molecule has 26 heavy (non-hydrogen) atoms. The maximum atomic E-state index is 11.0. The van der Waals surface area contributed by atoms with Gasteiger partial charge in [-0.15, -0.1) is 0 Å². The first kappa shape index (κ1) is 17.1. The highest BCUT2D eigenvalue weighted by Gasteiger charge is 2.17. The van der Waals surface area contributed by atoms with Gasteiger partial charge in [0.2, 0.25) is 0 Å². The van der Waals surface area contributed by atoms with E-state index in [-0.39, 0.29) is 11.4 Å². The van der Waals surface area contributed by atoms with Crippen LogP contribution in [0, 0.1) is 20.2 Å². The summed E-state index contributed by atoms with van der Waals surface area (Å²) in [5.74, 6) is 0.759. The zero-order chi connectivity index (χ0) is 18.7. The molecule has 3 rings (SSSR count). The van der Waals surface area contributed by atoms with Crippen molar-refractivity contribution >= 4 is 11.4 Å². The van der Waals surface area contributed by atoms with Gasteiger partial charge in [-0.25, -0.2) is 0 Å². The molecule has 0 aliphatic rings. The SMILES string of the molecule is COc1ccc(-c2ccc(-c3cc([N+](=O)[O-])cc([N+](=O)[O-])c3)cc2)cc1. The highest BCUT2D eigenvalue weighted by molar-refractivity contribution is 5.73. The Kier molecular flexibility index (Phi) is 4.62. The molecule has 0 atom stereocenters. The number of nitro benzene ring substituents is 2. The molecule has 0 amide bonds. The quantitative estimate of drug-likeness (QED) is 0.484. The summed E-state index contributed by atoms with van der Waals surface area (Å²) in [5.41, 5.74) is 2.40. The molecule has 3 aromatic carbocycles. The number of rotatable bonds is 5. The first-order chi connectivity index (χ1) is 12.5. The molecule has 0 fully saturated rings. The number of ether oxygens (including phenoxy) is 1. The summed E-state index contributed by atoms with van der Waals surface area (Å²) in [6.07, 6.45) is 0. The van der Waals surface area contributed by atoms with Crippen LogP contribution < -0.4 is 4.74 Å². The summed E-state index contributed by atoms with van der Waals surface area (Å²) >= 11 is 0. The van der Waals surface area contributed by atoms with Crippen LogP contribution in [0.1, 0.15) is 0 Å². The minimum absolute atomic E-state index is 0.312. The Morgan fingerprint density at radius 1 is 0.654 bits per heavy atom. The maximum absolute atomic E-state index is 11.0. The van der Waals surface area contributed by atoms with Crippen molar-refractivity contribution in [3.8, 4) is 28.0 Å². The van der Waals surface area contributed by atoms with E-state index in [1.54, 1.807) is 19.2 Å². The average Bonchev–Trinajstić information content (AvgIpc) is 2.67. The molecule has 0 heterocycles. The standard InChI is InChI=1S/C19H14N2O5/c1-26-19-8-6-14(7-9-19)13-2-4-15(5-3-13)16-10-17(20(22)23)12-18(11-16)21(24)25/h2-12H,1H3. The molecule has 0 saturated carbocycles. The van der Waals surface area contributed by atoms with E-state index < -0.39 is 9.85 Å². The number of non-ortho nitro benzene ring substituents is 2. The summed E-state index contributed by atoms with van der Waals surface area (Å²) in [6, 6.07) is 18.5. The highest BCUT2D eigenvalue weighted by Crippen LogP contribution is 2.31. The number of nitro groups is 2. The van der Waals surface area contributed by atoms with Crippen molar-refractivity contribution < 1.29 is 14.6 Å². The van der Waals surface area contributed by atoms with E-state index in [4.69, 9.17) is 4.74 Å². The molecular weight excluding hydrogens is 336 g/mol. The third kappa shape index (κ3) is 3.51. The second kappa shape index (κ2) is 7.02. The lowest BCUT2D eigenvalue weighted by Gasteiger charge is -2.06. The van der Waals surface area contributed by atoms with Gasteiger partial charge in [-0.2, -0.15) is 0 Å². The van der Waals surface area contributed by atoms with Crippen molar-refractivity contribution in [2.75, 3.05) is 7.11 Å². The van der Waals surface area contributed by atoms with E-state index in [1.165, 1.54) is 12.1 Å². The zero-order valence-electron chi connectivity index (χ0n) is 13.8. The van der Waals surface area contributed by atoms with Gasteiger partial charge in [-0.3, -0.25) is 20.2 Å². The zero-order valence-corrected chi connectivity index (χ0v) is 13.8. The largest absolute Gasteiger partial charge is 0.497 e. The lowest BCUT2D eigenvalue weighted by atomic mass is 9.99. The Bertz CT molecular complexity index is 934. The highest BCUT2D eigenvalue weighted by atomic mass is 16.6. The number of methoxy groups -OCH3 is 1. The Morgan fingerprint density at radius 3 is 1.42 bits per heavy atom. The van der Waals surface area contributed by atoms with Crippen LogP contribution in [-0.2, 0) is 0 Å². The molecule has 0 aliphatic carbocycles. The Hall–Kier alpha value is -3.74. The lowest BCUT2D eigenvalue weighted by molar-refractivity contribution is -0.394. The number of hydrogen-bond acceptors (Lipinski definition) is 5. The topological polar surface area (TPSA) is 95.5 Å². The third-order valence-electron chi connectivity index (χ3n) is 3.97. The summed E-state index contributed by atoms with van der Waals surface area (Å²) in [5, 5.41) is 22.0. The van der Waals surface area contributed by atoms with Gasteiger partial charge in [0.05, 0.1) is 23.0 Å². The lowest BCUT2D eigenvalue weighted by Crippen LogP contribution is -1.94.